The second-order valence-electron chi connectivity index (χ2n) is 2.82. The summed E-state index contributed by atoms with van der Waals surface area (Å²) >= 11 is 9.02. The summed E-state index contributed by atoms with van der Waals surface area (Å²) in [6, 6.07) is 5.26. The van der Waals surface area contributed by atoms with Crippen molar-refractivity contribution in [2.75, 3.05) is 7.11 Å². The summed E-state index contributed by atoms with van der Waals surface area (Å²) in [6.07, 6.45) is 0. The first-order valence-electron chi connectivity index (χ1n) is 4.08. The van der Waals surface area contributed by atoms with Crippen LogP contribution in [0, 0.1) is 0 Å². The summed E-state index contributed by atoms with van der Waals surface area (Å²) in [5.41, 5.74) is 0.504. The molecule has 0 aliphatic rings. The van der Waals surface area contributed by atoms with E-state index in [1.807, 2.05) is 6.07 Å². The van der Waals surface area contributed by atoms with Gasteiger partial charge in [-0.25, -0.2) is 0 Å². The molecule has 1 aromatic carbocycles. The molecule has 0 aliphatic carbocycles. The third-order valence-corrected chi connectivity index (χ3v) is 2.48. The molecule has 0 aromatic heterocycles. The Labute approximate surface area is 96.3 Å². The molecule has 0 spiro atoms. The molecule has 0 saturated heterocycles. The third-order valence-electron chi connectivity index (χ3n) is 1.79. The molecular weight excluding hydrogens is 267 g/mol. The largest absolute Gasteiger partial charge is 0.496 e. The molecule has 0 bridgehead atoms. The lowest BCUT2D eigenvalue weighted by Gasteiger charge is -2.08. The molecule has 0 N–H and O–H groups in total. The highest BCUT2D eigenvalue weighted by Gasteiger charge is 2.17. The predicted octanol–water partition coefficient (Wildman–Crippen LogP) is 3.27. The van der Waals surface area contributed by atoms with Gasteiger partial charge in [0.25, 0.3) is 0 Å². The highest BCUT2D eigenvalue weighted by molar-refractivity contribution is 9.10. The normalized spacial score (nSPS) is 12.3. The number of ether oxygens (including phenoxy) is 1. The van der Waals surface area contributed by atoms with E-state index in [-0.39, 0.29) is 5.78 Å². The van der Waals surface area contributed by atoms with Gasteiger partial charge < -0.3 is 4.74 Å². The van der Waals surface area contributed by atoms with Crippen molar-refractivity contribution in [1.82, 2.24) is 0 Å². The topological polar surface area (TPSA) is 26.3 Å². The van der Waals surface area contributed by atoms with Crippen LogP contribution in [0.1, 0.15) is 17.3 Å². The molecule has 1 atom stereocenters. The standard InChI is InChI=1S/C10H10BrClO2/c1-6(12)10(13)8-5-7(11)3-4-9(8)14-2/h3-6H,1-2H3. The van der Waals surface area contributed by atoms with Gasteiger partial charge in [-0.05, 0) is 25.1 Å². The van der Waals surface area contributed by atoms with Crippen LogP contribution >= 0.6 is 27.5 Å². The number of Topliss-reactive ketones (excluding diaryl/α,β-unsaturated/α-hetero) is 1. The highest BCUT2D eigenvalue weighted by atomic mass is 79.9. The Hall–Kier alpha value is -0.540. The van der Waals surface area contributed by atoms with Crippen LogP contribution in [0.3, 0.4) is 0 Å². The minimum Gasteiger partial charge on any atom is -0.496 e. The zero-order valence-electron chi connectivity index (χ0n) is 7.88. The van der Waals surface area contributed by atoms with Crippen LogP contribution in [0.4, 0.5) is 0 Å². The van der Waals surface area contributed by atoms with E-state index < -0.39 is 5.38 Å². The molecule has 0 heterocycles. The second-order valence-corrected chi connectivity index (χ2v) is 4.40. The van der Waals surface area contributed by atoms with Crippen molar-refractivity contribution in [2.45, 2.75) is 12.3 Å². The van der Waals surface area contributed by atoms with Gasteiger partial charge >= 0.3 is 0 Å². The number of rotatable bonds is 3. The van der Waals surface area contributed by atoms with E-state index in [9.17, 15) is 4.79 Å². The molecule has 0 aliphatic heterocycles. The zero-order chi connectivity index (χ0) is 10.7. The SMILES string of the molecule is COc1ccc(Br)cc1C(=O)C(C)Cl. The Morgan fingerprint density at radius 3 is 2.71 bits per heavy atom. The molecular formula is C10H10BrClO2. The van der Waals surface area contributed by atoms with Crippen molar-refractivity contribution in [1.29, 1.82) is 0 Å². The van der Waals surface area contributed by atoms with Crippen LogP contribution in [-0.4, -0.2) is 18.3 Å². The van der Waals surface area contributed by atoms with Crippen LogP contribution < -0.4 is 4.74 Å². The first kappa shape index (κ1) is 11.5. The van der Waals surface area contributed by atoms with Gasteiger partial charge in [0.2, 0.25) is 0 Å². The van der Waals surface area contributed by atoms with Gasteiger partial charge in [0.05, 0.1) is 18.1 Å². The Bertz CT molecular complexity index is 350. The van der Waals surface area contributed by atoms with Crippen LogP contribution in [0.2, 0.25) is 0 Å². The van der Waals surface area contributed by atoms with Gasteiger partial charge in [0.15, 0.2) is 5.78 Å². The molecule has 4 heteroatoms. The fourth-order valence-electron chi connectivity index (χ4n) is 1.09. The average molecular weight is 278 g/mol. The maximum Gasteiger partial charge on any atom is 0.184 e. The fourth-order valence-corrected chi connectivity index (χ4v) is 1.57. The molecule has 0 amide bonds. The highest BCUT2D eigenvalue weighted by Crippen LogP contribution is 2.25. The monoisotopic (exact) mass is 276 g/mol. The van der Waals surface area contributed by atoms with Gasteiger partial charge in [0, 0.05) is 4.47 Å². The Morgan fingerprint density at radius 1 is 1.57 bits per heavy atom. The maximum atomic E-state index is 11.6. The summed E-state index contributed by atoms with van der Waals surface area (Å²) in [4.78, 5) is 11.6. The smallest absolute Gasteiger partial charge is 0.184 e. The average Bonchev–Trinajstić information content (AvgIpc) is 2.16. The summed E-state index contributed by atoms with van der Waals surface area (Å²) in [7, 11) is 1.53. The summed E-state index contributed by atoms with van der Waals surface area (Å²) in [6.45, 7) is 1.64. The van der Waals surface area contributed by atoms with E-state index in [1.54, 1.807) is 19.1 Å². The lowest BCUT2D eigenvalue weighted by atomic mass is 10.1. The van der Waals surface area contributed by atoms with Gasteiger partial charge in [-0.2, -0.15) is 0 Å². The van der Waals surface area contributed by atoms with E-state index in [0.29, 0.717) is 11.3 Å². The lowest BCUT2D eigenvalue weighted by Crippen LogP contribution is -2.11. The van der Waals surface area contributed by atoms with Crippen molar-refractivity contribution < 1.29 is 9.53 Å². The van der Waals surface area contributed by atoms with Crippen LogP contribution in [0.5, 0.6) is 5.75 Å². The van der Waals surface area contributed by atoms with Crippen LogP contribution in [0.25, 0.3) is 0 Å². The number of ketones is 1. The molecule has 76 valence electrons. The van der Waals surface area contributed by atoms with Crippen LogP contribution in [-0.2, 0) is 0 Å². The zero-order valence-corrected chi connectivity index (χ0v) is 10.2. The van der Waals surface area contributed by atoms with Crippen molar-refractivity contribution in [3.8, 4) is 5.75 Å². The summed E-state index contributed by atoms with van der Waals surface area (Å²) in [5, 5.41) is -0.543. The molecule has 0 radical (unpaired) electrons. The number of alkyl halides is 1. The van der Waals surface area contributed by atoms with Crippen molar-refractivity contribution in [3.05, 3.63) is 28.2 Å². The predicted molar refractivity (Wildman–Crippen MR) is 60.3 cm³/mol. The maximum absolute atomic E-state index is 11.6. The molecule has 2 nitrogen and oxygen atoms in total. The lowest BCUT2D eigenvalue weighted by molar-refractivity contribution is 0.0989. The van der Waals surface area contributed by atoms with Crippen LogP contribution in [0.15, 0.2) is 22.7 Å². The fraction of sp³-hybridized carbons (Fsp3) is 0.300. The molecule has 1 aromatic rings. The van der Waals surface area contributed by atoms with E-state index in [2.05, 4.69) is 15.9 Å². The minimum atomic E-state index is -0.543. The van der Waals surface area contributed by atoms with Crippen molar-refractivity contribution >= 4 is 33.3 Å². The first-order valence-corrected chi connectivity index (χ1v) is 5.31. The molecule has 0 fully saturated rings. The third kappa shape index (κ3) is 2.49. The van der Waals surface area contributed by atoms with E-state index in [0.717, 1.165) is 4.47 Å². The minimum absolute atomic E-state index is 0.134. The number of halogens is 2. The van der Waals surface area contributed by atoms with E-state index >= 15 is 0 Å². The van der Waals surface area contributed by atoms with E-state index in [1.165, 1.54) is 7.11 Å². The quantitative estimate of drug-likeness (QED) is 0.626. The number of hydrogen-bond donors (Lipinski definition) is 0. The molecule has 0 saturated carbocycles. The molecule has 14 heavy (non-hydrogen) atoms. The number of carbonyl (C=O) groups excluding carboxylic acids is 1. The molecule has 1 rings (SSSR count). The Morgan fingerprint density at radius 2 is 2.21 bits per heavy atom. The van der Waals surface area contributed by atoms with Gasteiger partial charge in [0.1, 0.15) is 5.75 Å². The van der Waals surface area contributed by atoms with Gasteiger partial charge in [-0.3, -0.25) is 4.79 Å². The number of carbonyl (C=O) groups is 1. The van der Waals surface area contributed by atoms with Gasteiger partial charge in [-0.1, -0.05) is 15.9 Å². The Balaban J connectivity index is 3.17. The van der Waals surface area contributed by atoms with Crippen molar-refractivity contribution in [3.63, 3.8) is 0 Å². The van der Waals surface area contributed by atoms with E-state index in [4.69, 9.17) is 16.3 Å². The molecule has 1 unspecified atom stereocenters. The number of hydrogen-bond acceptors (Lipinski definition) is 2. The summed E-state index contributed by atoms with van der Waals surface area (Å²) < 4.78 is 5.90. The summed E-state index contributed by atoms with van der Waals surface area (Å²) in [5.74, 6) is 0.413. The first-order chi connectivity index (χ1) is 6.56. The van der Waals surface area contributed by atoms with Crippen molar-refractivity contribution in [2.24, 2.45) is 0 Å². The van der Waals surface area contributed by atoms with Gasteiger partial charge in [-0.15, -0.1) is 11.6 Å². The number of benzene rings is 1. The number of methoxy groups -OCH3 is 1. The Kier molecular flexibility index (Phi) is 3.96. The second kappa shape index (κ2) is 4.80.